The third-order valence-corrected chi connectivity index (χ3v) is 7.05. The van der Waals surface area contributed by atoms with Gasteiger partial charge in [-0.3, -0.25) is 4.90 Å². The Hall–Kier alpha value is -1.42. The molecule has 2 fully saturated rings. The molecule has 6 heteroatoms. The van der Waals surface area contributed by atoms with Gasteiger partial charge in [0.25, 0.3) is 0 Å². The van der Waals surface area contributed by atoms with E-state index >= 15 is 0 Å². The van der Waals surface area contributed by atoms with Gasteiger partial charge < -0.3 is 0 Å². The highest BCUT2D eigenvalue weighted by Gasteiger charge is 2.47. The minimum absolute atomic E-state index is 0.0151. The highest BCUT2D eigenvalue weighted by molar-refractivity contribution is 7.88. The molecule has 0 aromatic heterocycles. The van der Waals surface area contributed by atoms with Crippen LogP contribution < -0.4 is 0 Å². The minimum atomic E-state index is -3.34. The van der Waals surface area contributed by atoms with Crippen molar-refractivity contribution in [2.75, 3.05) is 13.1 Å². The quantitative estimate of drug-likeness (QED) is 0.842. The molecule has 1 aromatic rings. The van der Waals surface area contributed by atoms with Crippen LogP contribution in [-0.2, 0) is 15.8 Å². The smallest absolute Gasteiger partial charge is 0.218 e. The fourth-order valence-electron chi connectivity index (χ4n) is 3.83. The van der Waals surface area contributed by atoms with Crippen LogP contribution in [0.25, 0.3) is 0 Å². The molecule has 2 heterocycles. The van der Waals surface area contributed by atoms with E-state index in [1.54, 1.807) is 28.6 Å². The maximum atomic E-state index is 13.0. The van der Waals surface area contributed by atoms with E-state index in [0.29, 0.717) is 5.56 Å². The van der Waals surface area contributed by atoms with Crippen molar-refractivity contribution in [3.05, 3.63) is 35.4 Å². The summed E-state index contributed by atoms with van der Waals surface area (Å²) in [5.74, 6) is 0.0151. The average Bonchev–Trinajstić information content (AvgIpc) is 2.78. The highest BCUT2D eigenvalue weighted by Crippen LogP contribution is 2.36. The van der Waals surface area contributed by atoms with Gasteiger partial charge in [-0.15, -0.1) is 0 Å². The first-order chi connectivity index (χ1) is 11.2. The zero-order valence-corrected chi connectivity index (χ0v) is 15.4. The molecule has 3 rings (SSSR count). The summed E-state index contributed by atoms with van der Waals surface area (Å²) in [6.45, 7) is 8.19. The summed E-state index contributed by atoms with van der Waals surface area (Å²) in [6.07, 6.45) is 1.90. The lowest BCUT2D eigenvalue weighted by Crippen LogP contribution is -2.60. The van der Waals surface area contributed by atoms with Gasteiger partial charge in [-0.25, -0.2) is 8.42 Å². The first-order valence-corrected chi connectivity index (χ1v) is 10.1. The van der Waals surface area contributed by atoms with Gasteiger partial charge >= 0.3 is 0 Å². The molecule has 5 nitrogen and oxygen atoms in total. The molecule has 2 aliphatic rings. The van der Waals surface area contributed by atoms with Crippen molar-refractivity contribution in [1.29, 1.82) is 5.26 Å². The Morgan fingerprint density at radius 2 is 1.67 bits per heavy atom. The molecule has 0 radical (unpaired) electrons. The average molecular weight is 347 g/mol. The number of sulfonamides is 1. The van der Waals surface area contributed by atoms with Gasteiger partial charge in [0.05, 0.1) is 17.4 Å². The molecule has 2 bridgehead atoms. The monoisotopic (exact) mass is 347 g/mol. The van der Waals surface area contributed by atoms with Crippen LogP contribution in [0, 0.1) is 11.3 Å². The van der Waals surface area contributed by atoms with Crippen LogP contribution >= 0.6 is 0 Å². The molecule has 0 saturated carbocycles. The Balaban J connectivity index is 1.77. The third kappa shape index (κ3) is 3.34. The Morgan fingerprint density at radius 3 is 2.12 bits per heavy atom. The van der Waals surface area contributed by atoms with Crippen LogP contribution in [0.2, 0.25) is 0 Å². The van der Waals surface area contributed by atoms with E-state index in [9.17, 15) is 8.42 Å². The molecule has 0 spiro atoms. The maximum absolute atomic E-state index is 13.0. The van der Waals surface area contributed by atoms with E-state index in [4.69, 9.17) is 5.26 Å². The van der Waals surface area contributed by atoms with E-state index in [-0.39, 0.29) is 23.4 Å². The summed E-state index contributed by atoms with van der Waals surface area (Å²) in [5.41, 5.74) is 1.37. The standard InChI is InChI=1S/C18H25N3O2S/c1-18(2,3)20-11-16-8-9-17(12-20)21(16)24(22,23)13-15-6-4-14(10-19)5-7-15/h4-7,16-17H,8-9,11-13H2,1-3H3. The van der Waals surface area contributed by atoms with Crippen LogP contribution in [0.1, 0.15) is 44.7 Å². The van der Waals surface area contributed by atoms with Crippen LogP contribution in [0.3, 0.4) is 0 Å². The van der Waals surface area contributed by atoms with Gasteiger partial charge in [-0.05, 0) is 51.3 Å². The van der Waals surface area contributed by atoms with Crippen molar-refractivity contribution < 1.29 is 8.42 Å². The summed E-state index contributed by atoms with van der Waals surface area (Å²) in [4.78, 5) is 2.41. The Morgan fingerprint density at radius 1 is 1.12 bits per heavy atom. The lowest BCUT2D eigenvalue weighted by molar-refractivity contribution is 0.0546. The highest BCUT2D eigenvalue weighted by atomic mass is 32.2. The molecule has 2 unspecified atom stereocenters. The number of fused-ring (bicyclic) bond motifs is 2. The van der Waals surface area contributed by atoms with Gasteiger partial charge in [0, 0.05) is 30.7 Å². The summed E-state index contributed by atoms with van der Waals surface area (Å²) in [5, 5.41) is 8.85. The molecule has 0 amide bonds. The Kier molecular flexibility index (Phi) is 4.45. The molecule has 2 saturated heterocycles. The zero-order valence-electron chi connectivity index (χ0n) is 14.6. The largest absolute Gasteiger partial charge is 0.295 e. The van der Waals surface area contributed by atoms with E-state index in [0.717, 1.165) is 31.5 Å². The molecular weight excluding hydrogens is 322 g/mol. The molecule has 2 atom stereocenters. The number of nitriles is 1. The fourth-order valence-corrected chi connectivity index (χ4v) is 5.84. The second-order valence-electron chi connectivity index (χ2n) is 7.86. The van der Waals surface area contributed by atoms with Gasteiger partial charge in [0.2, 0.25) is 10.0 Å². The number of likely N-dealkylation sites (tertiary alicyclic amines) is 1. The first kappa shape index (κ1) is 17.4. The Bertz CT molecular complexity index is 730. The lowest BCUT2D eigenvalue weighted by Gasteiger charge is -2.46. The second kappa shape index (κ2) is 6.14. The Labute approximate surface area is 144 Å². The van der Waals surface area contributed by atoms with Gasteiger partial charge in [-0.2, -0.15) is 9.57 Å². The predicted molar refractivity (Wildman–Crippen MR) is 93.8 cm³/mol. The number of rotatable bonds is 3. The number of benzene rings is 1. The molecule has 1 aromatic carbocycles. The molecule has 2 aliphatic heterocycles. The molecule has 0 N–H and O–H groups in total. The van der Waals surface area contributed by atoms with Crippen LogP contribution in [0.15, 0.2) is 24.3 Å². The van der Waals surface area contributed by atoms with Crippen molar-refractivity contribution in [1.82, 2.24) is 9.21 Å². The van der Waals surface area contributed by atoms with Gasteiger partial charge in [-0.1, -0.05) is 12.1 Å². The number of hydrogen-bond acceptors (Lipinski definition) is 4. The van der Waals surface area contributed by atoms with Crippen molar-refractivity contribution >= 4 is 10.0 Å². The molecule has 0 aliphatic carbocycles. The third-order valence-electron chi connectivity index (χ3n) is 5.12. The molecular formula is C18H25N3O2S. The fraction of sp³-hybridized carbons (Fsp3) is 0.611. The summed E-state index contributed by atoms with van der Waals surface area (Å²) in [6, 6.07) is 9.07. The van der Waals surface area contributed by atoms with Crippen molar-refractivity contribution in [3.8, 4) is 6.07 Å². The van der Waals surface area contributed by atoms with Crippen molar-refractivity contribution in [2.45, 2.75) is 57.0 Å². The number of nitrogens with zero attached hydrogens (tertiary/aromatic N) is 3. The van der Waals surface area contributed by atoms with Crippen LogP contribution in [0.4, 0.5) is 0 Å². The lowest BCUT2D eigenvalue weighted by atomic mass is 10.0. The number of piperazine rings is 1. The summed E-state index contributed by atoms with van der Waals surface area (Å²) in [7, 11) is -3.34. The maximum Gasteiger partial charge on any atom is 0.218 e. The van der Waals surface area contributed by atoms with Gasteiger partial charge in [0.15, 0.2) is 0 Å². The second-order valence-corrected chi connectivity index (χ2v) is 9.73. The summed E-state index contributed by atoms with van der Waals surface area (Å²) >= 11 is 0. The normalized spacial score (nSPS) is 25.6. The minimum Gasteiger partial charge on any atom is -0.295 e. The molecule has 130 valence electrons. The van der Waals surface area contributed by atoms with Crippen molar-refractivity contribution in [2.24, 2.45) is 0 Å². The van der Waals surface area contributed by atoms with Gasteiger partial charge in [0.1, 0.15) is 0 Å². The number of hydrogen-bond donors (Lipinski definition) is 0. The van der Waals surface area contributed by atoms with Crippen LogP contribution in [0.5, 0.6) is 0 Å². The zero-order chi connectivity index (χ0) is 17.5. The van der Waals surface area contributed by atoms with E-state index < -0.39 is 10.0 Å². The van der Waals surface area contributed by atoms with Crippen molar-refractivity contribution in [3.63, 3.8) is 0 Å². The first-order valence-electron chi connectivity index (χ1n) is 8.46. The topological polar surface area (TPSA) is 64.4 Å². The predicted octanol–water partition coefficient (Wildman–Crippen LogP) is 2.34. The van der Waals surface area contributed by atoms with E-state index in [1.807, 2.05) is 0 Å². The summed E-state index contributed by atoms with van der Waals surface area (Å²) < 4.78 is 27.7. The molecule has 24 heavy (non-hydrogen) atoms. The van der Waals surface area contributed by atoms with E-state index in [2.05, 4.69) is 31.7 Å². The van der Waals surface area contributed by atoms with Crippen LogP contribution in [-0.4, -0.2) is 48.3 Å². The van der Waals surface area contributed by atoms with E-state index in [1.165, 1.54) is 0 Å². The SMILES string of the molecule is CC(C)(C)N1CC2CCC(C1)N2S(=O)(=O)Cc1ccc(C#N)cc1.